The van der Waals surface area contributed by atoms with E-state index in [1.54, 1.807) is 16.9 Å². The van der Waals surface area contributed by atoms with Gasteiger partial charge in [0, 0.05) is 36.5 Å². The van der Waals surface area contributed by atoms with E-state index in [2.05, 4.69) is 37.2 Å². The zero-order chi connectivity index (χ0) is 48.2. The van der Waals surface area contributed by atoms with Crippen LogP contribution in [0.5, 0.6) is 0 Å². The lowest BCUT2D eigenvalue weighted by Gasteiger charge is -2.65. The van der Waals surface area contributed by atoms with E-state index in [0.717, 1.165) is 76.2 Å². The molecule has 14 atom stereocenters. The molecule has 0 aromatic carbocycles. The average molecular weight is 967 g/mol. The zero-order valence-corrected chi connectivity index (χ0v) is 40.1. The second-order valence-corrected chi connectivity index (χ2v) is 21.5. The van der Waals surface area contributed by atoms with Gasteiger partial charge in [0.05, 0.1) is 24.1 Å². The standard InChI is InChI=1S/C48H70N8O11S/c1-46-14-11-30(22-29(46)9-10-32-33(46)23-36(57)47(2)31(12-15-48(32,47)64)28-21-37(58)65-24-28)66-45(63)52-19-8-4-6-17-50-16-5-3-7-18-51-41-38-42(54-26-53-41)56(27-55-38)43-40(60)39(59)35(67-43)25-68-20-13-34(49)44(61)62/h16,18,21,26-27,29-36,39-40,43,57,59-60,64H,3-15,17,19-20,22-25,49H2,1-2H3,(H,52,63)(H,61,62)/t29-,30-,31-,32?,33+,34+,35-,36-,39-,40-,43?,46+,47+,48+/m1/s1. The van der Waals surface area contributed by atoms with E-state index in [-0.39, 0.29) is 54.4 Å². The van der Waals surface area contributed by atoms with Crippen LogP contribution in [0.2, 0.25) is 0 Å². The molecule has 374 valence electrons. The van der Waals surface area contributed by atoms with Crippen LogP contribution in [0.1, 0.15) is 116 Å². The number of esters is 1. The molecule has 2 aromatic rings. The molecule has 4 heterocycles. The summed E-state index contributed by atoms with van der Waals surface area (Å²) in [5.74, 6) is 0.327. The minimum atomic E-state index is -1.23. The fraction of sp³-hybridized carbons (Fsp3) is 0.750. The summed E-state index contributed by atoms with van der Waals surface area (Å²) in [6.45, 7) is 5.87. The van der Waals surface area contributed by atoms with Crippen LogP contribution >= 0.6 is 11.8 Å². The van der Waals surface area contributed by atoms with Crippen molar-refractivity contribution in [1.29, 1.82) is 0 Å². The summed E-state index contributed by atoms with van der Waals surface area (Å²) < 4.78 is 18.7. The number of carboxylic acids is 1. The van der Waals surface area contributed by atoms with Crippen molar-refractivity contribution in [2.24, 2.45) is 50.2 Å². The fourth-order valence-corrected chi connectivity index (χ4v) is 13.8. The number of aliphatic imine (C=N–C) groups is 2. The quantitative estimate of drug-likeness (QED) is 0.0549. The lowest BCUT2D eigenvalue weighted by Crippen LogP contribution is -2.67. The van der Waals surface area contributed by atoms with E-state index in [0.29, 0.717) is 66.8 Å². The predicted molar refractivity (Wildman–Crippen MR) is 253 cm³/mol. The number of nitrogens with one attached hydrogen (secondary N) is 1. The van der Waals surface area contributed by atoms with Crippen molar-refractivity contribution in [1.82, 2.24) is 24.8 Å². The molecule has 2 unspecified atom stereocenters. The first-order valence-corrected chi connectivity index (χ1v) is 25.8. The summed E-state index contributed by atoms with van der Waals surface area (Å²) in [5.41, 5.74) is 5.52. The topological polar surface area (TPSA) is 286 Å². The molecule has 4 saturated carbocycles. The molecule has 20 heteroatoms. The Hall–Kier alpha value is -4.05. The van der Waals surface area contributed by atoms with Gasteiger partial charge in [-0.1, -0.05) is 13.8 Å². The van der Waals surface area contributed by atoms with Crippen molar-refractivity contribution in [3.63, 3.8) is 0 Å². The Balaban J connectivity index is 0.687. The molecule has 1 saturated heterocycles. The Bertz CT molecular complexity index is 2210. The number of aliphatic hydroxyl groups excluding tert-OH is 3. The molecule has 19 nitrogen and oxygen atoms in total. The molecule has 0 radical (unpaired) electrons. The third-order valence-electron chi connectivity index (χ3n) is 16.7. The van der Waals surface area contributed by atoms with Crippen molar-refractivity contribution < 1.29 is 54.1 Å². The van der Waals surface area contributed by atoms with Gasteiger partial charge in [0.1, 0.15) is 37.3 Å². The maximum atomic E-state index is 12.8. The van der Waals surface area contributed by atoms with E-state index >= 15 is 0 Å². The number of aliphatic carboxylic acids is 1. The number of aliphatic hydroxyl groups is 4. The zero-order valence-electron chi connectivity index (χ0n) is 39.2. The molecular weight excluding hydrogens is 897 g/mol. The number of imidazole rings is 1. The normalized spacial score (nSPS) is 36.1. The van der Waals surface area contributed by atoms with Crippen molar-refractivity contribution in [2.75, 3.05) is 31.2 Å². The van der Waals surface area contributed by atoms with E-state index in [1.165, 1.54) is 24.4 Å². The van der Waals surface area contributed by atoms with Gasteiger partial charge >= 0.3 is 18.0 Å². The molecule has 8 N–H and O–H groups in total. The molecule has 5 fully saturated rings. The number of alkyl carbamates (subject to hydrolysis) is 1. The van der Waals surface area contributed by atoms with Crippen LogP contribution < -0.4 is 11.1 Å². The number of carbonyl (C=O) groups excluding carboxylic acids is 2. The molecule has 1 amide bonds. The molecule has 0 bridgehead atoms. The van der Waals surface area contributed by atoms with Gasteiger partial charge in [-0.15, -0.1) is 0 Å². The largest absolute Gasteiger partial charge is 0.480 e. The molecule has 4 aliphatic carbocycles. The lowest BCUT2D eigenvalue weighted by molar-refractivity contribution is -0.244. The van der Waals surface area contributed by atoms with Gasteiger partial charge in [-0.25, -0.2) is 29.5 Å². The van der Waals surface area contributed by atoms with Gasteiger partial charge in [0.25, 0.3) is 0 Å². The van der Waals surface area contributed by atoms with E-state index in [4.69, 9.17) is 25.1 Å². The van der Waals surface area contributed by atoms with Crippen LogP contribution in [-0.2, 0) is 23.8 Å². The summed E-state index contributed by atoms with van der Waals surface area (Å²) in [6.07, 6.45) is 14.5. The van der Waals surface area contributed by atoms with Crippen molar-refractivity contribution in [2.45, 2.75) is 159 Å². The number of fused-ring (bicyclic) bond motifs is 6. The number of rotatable bonds is 20. The molecule has 8 rings (SSSR count). The summed E-state index contributed by atoms with van der Waals surface area (Å²) in [7, 11) is 0. The Morgan fingerprint density at radius 2 is 1.85 bits per heavy atom. The molecule has 68 heavy (non-hydrogen) atoms. The van der Waals surface area contributed by atoms with Crippen LogP contribution in [0.4, 0.5) is 10.6 Å². The van der Waals surface area contributed by atoms with E-state index in [1.807, 2.05) is 13.1 Å². The van der Waals surface area contributed by atoms with Gasteiger partial charge < -0.3 is 50.8 Å². The number of carboxylic acid groups (broad SMARTS) is 1. The minimum Gasteiger partial charge on any atom is -0.480 e. The smallest absolute Gasteiger partial charge is 0.407 e. The molecule has 0 spiro atoms. The number of nitrogens with zero attached hydrogens (tertiary/aromatic N) is 6. The Morgan fingerprint density at radius 3 is 2.65 bits per heavy atom. The summed E-state index contributed by atoms with van der Waals surface area (Å²) in [6, 6.07) is -0.956. The van der Waals surface area contributed by atoms with Gasteiger partial charge in [-0.05, 0) is 143 Å². The second kappa shape index (κ2) is 21.5. The van der Waals surface area contributed by atoms with Gasteiger partial charge in [-0.3, -0.25) is 14.4 Å². The number of unbranched alkanes of at least 4 members (excludes halogenated alkanes) is 4. The number of amides is 1. The Morgan fingerprint density at radius 1 is 1.03 bits per heavy atom. The highest BCUT2D eigenvalue weighted by Crippen LogP contribution is 2.70. The number of hydrogen-bond acceptors (Lipinski definition) is 17. The number of ether oxygens (including phenoxy) is 3. The fourth-order valence-electron chi connectivity index (χ4n) is 12.7. The van der Waals surface area contributed by atoms with Gasteiger partial charge in [0.15, 0.2) is 23.2 Å². The highest BCUT2D eigenvalue weighted by atomic mass is 32.2. The van der Waals surface area contributed by atoms with Crippen LogP contribution in [0.15, 0.2) is 34.3 Å². The molecular formula is C48H70N8O11S. The van der Waals surface area contributed by atoms with Gasteiger partial charge in [-0.2, -0.15) is 11.8 Å². The maximum Gasteiger partial charge on any atom is 0.407 e. The van der Waals surface area contributed by atoms with E-state index in [9.17, 15) is 34.8 Å². The molecule has 2 aliphatic heterocycles. The number of aromatic nitrogens is 4. The minimum absolute atomic E-state index is 0.0550. The maximum absolute atomic E-state index is 12.8. The van der Waals surface area contributed by atoms with Crippen molar-refractivity contribution in [3.05, 3.63) is 24.3 Å². The Kier molecular flexibility index (Phi) is 15.9. The van der Waals surface area contributed by atoms with Crippen LogP contribution in [0.25, 0.3) is 11.2 Å². The first-order chi connectivity index (χ1) is 32.7. The first kappa shape index (κ1) is 50.3. The lowest BCUT2D eigenvalue weighted by atomic mass is 9.42. The van der Waals surface area contributed by atoms with Gasteiger partial charge in [0.2, 0.25) is 0 Å². The number of cyclic esters (lactones) is 1. The monoisotopic (exact) mass is 966 g/mol. The van der Waals surface area contributed by atoms with E-state index < -0.39 is 53.7 Å². The highest BCUT2D eigenvalue weighted by molar-refractivity contribution is 7.99. The average Bonchev–Trinajstić information content (AvgIpc) is 4.08. The molecule has 2 aromatic heterocycles. The van der Waals surface area contributed by atoms with Crippen molar-refractivity contribution >= 4 is 59.2 Å². The van der Waals surface area contributed by atoms with Crippen molar-refractivity contribution in [3.8, 4) is 0 Å². The number of nitrogens with two attached hydrogens (primary N) is 1. The number of thioether (sulfide) groups is 1. The number of carbonyl (C=O) groups is 3. The van der Waals surface area contributed by atoms with Crippen LogP contribution in [-0.4, -0.2) is 149 Å². The third-order valence-corrected chi connectivity index (χ3v) is 17.8. The highest BCUT2D eigenvalue weighted by Gasteiger charge is 2.71. The summed E-state index contributed by atoms with van der Waals surface area (Å²) in [5, 5.41) is 57.7. The SMILES string of the molecule is C[C@]12CC[C@@H](OC(=O)NCCCCCN=CCCCC=Nc3ncnc4c3ncn4C3O[C@H](CSCC[C@H](N)C(=O)O)[C@@H](O)[C@H]3O)C[C@H]1CCC1[C@@H]2C[C@@H](O)[C@]2(C)[C@@H](C3=CC(=O)OC3)CC[C@]12O. The summed E-state index contributed by atoms with van der Waals surface area (Å²) >= 11 is 1.39. The second-order valence-electron chi connectivity index (χ2n) is 20.4. The predicted octanol–water partition coefficient (Wildman–Crippen LogP) is 4.42. The molecule has 6 aliphatic rings. The van der Waals surface area contributed by atoms with Crippen LogP contribution in [0.3, 0.4) is 0 Å². The first-order valence-electron chi connectivity index (χ1n) is 24.6. The third kappa shape index (κ3) is 10.1. The summed E-state index contributed by atoms with van der Waals surface area (Å²) in [4.78, 5) is 57.8. The Labute approximate surface area is 401 Å². The van der Waals surface area contributed by atoms with Crippen LogP contribution in [0, 0.1) is 34.5 Å². The number of hydrogen-bond donors (Lipinski definition) is 7.